The van der Waals surface area contributed by atoms with E-state index in [9.17, 15) is 4.79 Å². The maximum absolute atomic E-state index is 12.4. The van der Waals surface area contributed by atoms with E-state index in [0.29, 0.717) is 36.6 Å². The van der Waals surface area contributed by atoms with Crippen molar-refractivity contribution in [3.8, 4) is 17.2 Å². The molecule has 0 radical (unpaired) electrons. The lowest BCUT2D eigenvalue weighted by molar-refractivity contribution is 0.0946. The SMILES string of the molecule is C=CCc1cc(C(=O)NCCOc2cccc(C)c2)cc(OC)c1OC. The van der Waals surface area contributed by atoms with Crippen LogP contribution in [0.1, 0.15) is 21.5 Å². The van der Waals surface area contributed by atoms with E-state index < -0.39 is 0 Å². The number of benzene rings is 2. The standard InChI is InChI=1S/C21H25NO4/c1-5-7-16-13-17(14-19(24-3)20(16)25-4)21(23)22-10-11-26-18-9-6-8-15(2)12-18/h5-6,8-9,12-14H,1,7,10-11H2,2-4H3,(H,22,23). The van der Waals surface area contributed by atoms with Crippen molar-refractivity contribution >= 4 is 5.91 Å². The molecule has 5 nitrogen and oxygen atoms in total. The molecule has 26 heavy (non-hydrogen) atoms. The molecule has 138 valence electrons. The van der Waals surface area contributed by atoms with Gasteiger partial charge in [0.15, 0.2) is 11.5 Å². The zero-order chi connectivity index (χ0) is 18.9. The molecule has 5 heteroatoms. The van der Waals surface area contributed by atoms with Crippen LogP contribution in [0.25, 0.3) is 0 Å². The van der Waals surface area contributed by atoms with Crippen LogP contribution in [0.5, 0.6) is 17.2 Å². The normalized spacial score (nSPS) is 10.1. The highest BCUT2D eigenvalue weighted by molar-refractivity contribution is 5.95. The molecular weight excluding hydrogens is 330 g/mol. The van der Waals surface area contributed by atoms with E-state index in [-0.39, 0.29) is 5.91 Å². The van der Waals surface area contributed by atoms with Crippen molar-refractivity contribution in [1.29, 1.82) is 0 Å². The van der Waals surface area contributed by atoms with Crippen LogP contribution in [0.2, 0.25) is 0 Å². The van der Waals surface area contributed by atoms with Gasteiger partial charge in [-0.2, -0.15) is 0 Å². The molecule has 0 aromatic heterocycles. The Morgan fingerprint density at radius 2 is 2.00 bits per heavy atom. The predicted molar refractivity (Wildman–Crippen MR) is 102 cm³/mol. The van der Waals surface area contributed by atoms with Gasteiger partial charge in [0.25, 0.3) is 5.91 Å². The summed E-state index contributed by atoms with van der Waals surface area (Å²) in [4.78, 5) is 12.4. The van der Waals surface area contributed by atoms with Crippen molar-refractivity contribution in [3.05, 3.63) is 65.7 Å². The maximum atomic E-state index is 12.4. The molecule has 0 saturated carbocycles. The number of aryl methyl sites for hydroxylation is 1. The molecule has 1 N–H and O–H groups in total. The fourth-order valence-corrected chi connectivity index (χ4v) is 2.62. The van der Waals surface area contributed by atoms with Crippen molar-refractivity contribution in [3.63, 3.8) is 0 Å². The first-order chi connectivity index (χ1) is 12.6. The van der Waals surface area contributed by atoms with E-state index in [4.69, 9.17) is 14.2 Å². The summed E-state index contributed by atoms with van der Waals surface area (Å²) >= 11 is 0. The molecule has 0 spiro atoms. The highest BCUT2D eigenvalue weighted by atomic mass is 16.5. The maximum Gasteiger partial charge on any atom is 0.251 e. The lowest BCUT2D eigenvalue weighted by atomic mass is 10.0. The Bertz CT molecular complexity index is 771. The highest BCUT2D eigenvalue weighted by Gasteiger charge is 2.15. The molecule has 0 aliphatic carbocycles. The Kier molecular flexibility index (Phi) is 7.09. The van der Waals surface area contributed by atoms with E-state index in [1.807, 2.05) is 31.2 Å². The highest BCUT2D eigenvalue weighted by Crippen LogP contribution is 2.33. The van der Waals surface area contributed by atoms with Crippen LogP contribution in [0.3, 0.4) is 0 Å². The Hall–Kier alpha value is -2.95. The van der Waals surface area contributed by atoms with E-state index in [0.717, 1.165) is 16.9 Å². The van der Waals surface area contributed by atoms with Crippen molar-refractivity contribution in [2.24, 2.45) is 0 Å². The monoisotopic (exact) mass is 355 g/mol. The molecule has 0 atom stereocenters. The van der Waals surface area contributed by atoms with Crippen LogP contribution in [0, 0.1) is 6.92 Å². The summed E-state index contributed by atoms with van der Waals surface area (Å²) in [6, 6.07) is 11.3. The summed E-state index contributed by atoms with van der Waals surface area (Å²) in [7, 11) is 3.12. The third kappa shape index (κ3) is 5.02. The van der Waals surface area contributed by atoms with Gasteiger partial charge in [0, 0.05) is 11.1 Å². The number of carbonyl (C=O) groups excluding carboxylic acids is 1. The van der Waals surface area contributed by atoms with Gasteiger partial charge in [0.1, 0.15) is 12.4 Å². The minimum absolute atomic E-state index is 0.191. The lowest BCUT2D eigenvalue weighted by Gasteiger charge is -2.14. The van der Waals surface area contributed by atoms with Gasteiger partial charge in [0.05, 0.1) is 20.8 Å². The topological polar surface area (TPSA) is 56.8 Å². The summed E-state index contributed by atoms with van der Waals surface area (Å²) in [5, 5.41) is 2.86. The number of carbonyl (C=O) groups is 1. The molecule has 0 bridgehead atoms. The van der Waals surface area contributed by atoms with Gasteiger partial charge < -0.3 is 19.5 Å². The van der Waals surface area contributed by atoms with Crippen LogP contribution in [-0.2, 0) is 6.42 Å². The first kappa shape index (κ1) is 19.4. The molecule has 0 unspecified atom stereocenters. The fraction of sp³-hybridized carbons (Fsp3) is 0.286. The van der Waals surface area contributed by atoms with E-state index in [1.165, 1.54) is 0 Å². The second kappa shape index (κ2) is 9.51. The summed E-state index contributed by atoms with van der Waals surface area (Å²) in [5.41, 5.74) is 2.49. The van der Waals surface area contributed by atoms with Gasteiger partial charge in [-0.15, -0.1) is 6.58 Å². The average Bonchev–Trinajstić information content (AvgIpc) is 2.64. The number of ether oxygens (including phenoxy) is 3. The molecule has 2 aromatic carbocycles. The Labute approximate surface area is 154 Å². The average molecular weight is 355 g/mol. The van der Waals surface area contributed by atoms with Gasteiger partial charge in [-0.1, -0.05) is 18.2 Å². The molecule has 2 aromatic rings. The van der Waals surface area contributed by atoms with Crippen molar-refractivity contribution in [2.45, 2.75) is 13.3 Å². The zero-order valence-electron chi connectivity index (χ0n) is 15.5. The second-order valence-corrected chi connectivity index (χ2v) is 5.78. The summed E-state index contributed by atoms with van der Waals surface area (Å²) in [6.45, 7) is 6.54. The Balaban J connectivity index is 2.00. The first-order valence-electron chi connectivity index (χ1n) is 8.42. The van der Waals surface area contributed by atoms with Crippen LogP contribution < -0.4 is 19.5 Å². The molecular formula is C21H25NO4. The van der Waals surface area contributed by atoms with Crippen molar-refractivity contribution in [2.75, 3.05) is 27.4 Å². The molecule has 0 aliphatic heterocycles. The third-order valence-corrected chi connectivity index (χ3v) is 3.83. The number of nitrogens with one attached hydrogen (secondary N) is 1. The third-order valence-electron chi connectivity index (χ3n) is 3.83. The number of hydrogen-bond donors (Lipinski definition) is 1. The smallest absolute Gasteiger partial charge is 0.251 e. The molecule has 0 heterocycles. The number of methoxy groups -OCH3 is 2. The molecule has 0 aliphatic rings. The van der Waals surface area contributed by atoms with E-state index in [2.05, 4.69) is 11.9 Å². The van der Waals surface area contributed by atoms with E-state index in [1.54, 1.807) is 32.4 Å². The molecule has 1 amide bonds. The molecule has 0 fully saturated rings. The Morgan fingerprint density at radius 3 is 2.65 bits per heavy atom. The van der Waals surface area contributed by atoms with Gasteiger partial charge in [-0.3, -0.25) is 4.79 Å². The van der Waals surface area contributed by atoms with Gasteiger partial charge in [0.2, 0.25) is 0 Å². The van der Waals surface area contributed by atoms with Crippen molar-refractivity contribution < 1.29 is 19.0 Å². The molecule has 2 rings (SSSR count). The van der Waals surface area contributed by atoms with Gasteiger partial charge in [-0.25, -0.2) is 0 Å². The van der Waals surface area contributed by atoms with Crippen LogP contribution in [-0.4, -0.2) is 33.3 Å². The Morgan fingerprint density at radius 1 is 1.19 bits per heavy atom. The van der Waals surface area contributed by atoms with E-state index >= 15 is 0 Å². The van der Waals surface area contributed by atoms with Crippen molar-refractivity contribution in [1.82, 2.24) is 5.32 Å². The largest absolute Gasteiger partial charge is 0.493 e. The number of amides is 1. The molecule has 0 saturated heterocycles. The quantitative estimate of drug-likeness (QED) is 0.552. The minimum atomic E-state index is -0.191. The number of rotatable bonds is 9. The van der Waals surface area contributed by atoms with Gasteiger partial charge in [-0.05, 0) is 43.2 Å². The van der Waals surface area contributed by atoms with Crippen LogP contribution in [0.15, 0.2) is 49.1 Å². The zero-order valence-corrected chi connectivity index (χ0v) is 15.5. The number of allylic oxidation sites excluding steroid dienone is 1. The van der Waals surface area contributed by atoms with Crippen LogP contribution >= 0.6 is 0 Å². The summed E-state index contributed by atoms with van der Waals surface area (Å²) < 4.78 is 16.4. The predicted octanol–water partition coefficient (Wildman–Crippen LogP) is 3.55. The summed E-state index contributed by atoms with van der Waals surface area (Å²) in [5.74, 6) is 1.74. The fourth-order valence-electron chi connectivity index (χ4n) is 2.62. The minimum Gasteiger partial charge on any atom is -0.493 e. The lowest BCUT2D eigenvalue weighted by Crippen LogP contribution is -2.28. The second-order valence-electron chi connectivity index (χ2n) is 5.78. The first-order valence-corrected chi connectivity index (χ1v) is 8.42. The summed E-state index contributed by atoms with van der Waals surface area (Å²) in [6.07, 6.45) is 2.34. The number of hydrogen-bond acceptors (Lipinski definition) is 4. The van der Waals surface area contributed by atoms with Gasteiger partial charge >= 0.3 is 0 Å². The van der Waals surface area contributed by atoms with Crippen LogP contribution in [0.4, 0.5) is 0 Å².